The second kappa shape index (κ2) is 9.59. The molecule has 5 heterocycles. The number of aromatic nitrogens is 4. The maximum absolute atomic E-state index is 4.75. The number of alkyl halides is 2. The van der Waals surface area contributed by atoms with E-state index in [1.165, 1.54) is 11.1 Å². The average Bonchev–Trinajstić information content (AvgIpc) is 3.55. The third-order valence-corrected chi connectivity index (χ3v) is 6.75. The summed E-state index contributed by atoms with van der Waals surface area (Å²) < 4.78 is 0. The van der Waals surface area contributed by atoms with Gasteiger partial charge in [-0.25, -0.2) is 9.97 Å². The summed E-state index contributed by atoms with van der Waals surface area (Å²) in [6.45, 7) is 0. The lowest BCUT2D eigenvalue weighted by Crippen LogP contribution is -1.85. The Morgan fingerprint density at radius 1 is 0.562 bits per heavy atom. The lowest BCUT2D eigenvalue weighted by Gasteiger charge is -1.97. The van der Waals surface area contributed by atoms with Crippen LogP contribution in [-0.4, -0.2) is 30.6 Å². The van der Waals surface area contributed by atoms with E-state index in [2.05, 4.69) is 84.3 Å². The van der Waals surface area contributed by atoms with E-state index in [-0.39, 0.29) is 0 Å². The first-order valence-electron chi connectivity index (χ1n) is 10.9. The van der Waals surface area contributed by atoms with Crippen LogP contribution in [0.4, 0.5) is 0 Å². The SMILES string of the molecule is BrCCCc1cc2cc3nc(cc4nc(cc5cc(CCCBr)c(cc1[nH]2)[nH]5)C=C4)C=C3. The summed E-state index contributed by atoms with van der Waals surface area (Å²) in [5.74, 6) is 0. The van der Waals surface area contributed by atoms with Gasteiger partial charge in [0.25, 0.3) is 0 Å². The fourth-order valence-electron chi connectivity index (χ4n) is 4.14. The van der Waals surface area contributed by atoms with E-state index >= 15 is 0 Å². The molecule has 0 amide bonds. The van der Waals surface area contributed by atoms with Gasteiger partial charge in [0, 0.05) is 32.7 Å². The lowest BCUT2D eigenvalue weighted by molar-refractivity contribution is 0.947. The first-order chi connectivity index (χ1) is 15.7. The Labute approximate surface area is 204 Å². The molecule has 162 valence electrons. The highest BCUT2D eigenvalue weighted by Crippen LogP contribution is 2.23. The van der Waals surface area contributed by atoms with E-state index in [4.69, 9.17) is 9.97 Å². The van der Waals surface area contributed by atoms with Gasteiger partial charge in [-0.15, -0.1) is 0 Å². The van der Waals surface area contributed by atoms with Gasteiger partial charge in [-0.05, 0) is 97.5 Å². The van der Waals surface area contributed by atoms with Crippen LogP contribution in [0.2, 0.25) is 0 Å². The number of halogens is 2. The Balaban J connectivity index is 1.79. The zero-order valence-electron chi connectivity index (χ0n) is 17.7. The standard InChI is InChI=1S/C26H24Br2N4/c27-9-1-3-17-11-23-14-21-7-5-19(29-21)13-20-6-8-22(30-20)15-24-12-18(4-2-10-28)26(32-24)16-25(17)31-23/h5-8,11-16,31-32H,1-4,9-10H2. The van der Waals surface area contributed by atoms with Crippen molar-refractivity contribution in [2.75, 3.05) is 10.7 Å². The summed E-state index contributed by atoms with van der Waals surface area (Å²) in [7, 11) is 0. The molecule has 3 aromatic heterocycles. The number of fused-ring (bicyclic) bond motifs is 8. The zero-order valence-corrected chi connectivity index (χ0v) is 20.8. The smallest absolute Gasteiger partial charge is 0.0659 e. The molecule has 6 heteroatoms. The molecule has 0 aliphatic carbocycles. The molecule has 4 nitrogen and oxygen atoms in total. The van der Waals surface area contributed by atoms with Gasteiger partial charge in [0.15, 0.2) is 0 Å². The molecule has 0 fully saturated rings. The number of H-pyrrole nitrogens is 2. The van der Waals surface area contributed by atoms with Crippen LogP contribution in [0.1, 0.15) is 46.7 Å². The molecule has 8 bridgehead atoms. The van der Waals surface area contributed by atoms with Crippen LogP contribution in [0.3, 0.4) is 0 Å². The van der Waals surface area contributed by atoms with Gasteiger partial charge in [-0.2, -0.15) is 0 Å². The number of hydrogen-bond acceptors (Lipinski definition) is 2. The average molecular weight is 552 g/mol. The number of hydrogen-bond donors (Lipinski definition) is 2. The fraction of sp³-hybridized carbons (Fsp3) is 0.231. The molecule has 0 spiro atoms. The Kier molecular flexibility index (Phi) is 6.42. The topological polar surface area (TPSA) is 57.4 Å². The molecule has 32 heavy (non-hydrogen) atoms. The van der Waals surface area contributed by atoms with Crippen LogP contribution in [0.5, 0.6) is 0 Å². The van der Waals surface area contributed by atoms with Crippen LogP contribution in [0.15, 0.2) is 36.4 Å². The number of aromatic amines is 2. The van der Waals surface area contributed by atoms with Crippen LogP contribution in [0, 0.1) is 0 Å². The zero-order chi connectivity index (χ0) is 21.9. The van der Waals surface area contributed by atoms with Gasteiger partial charge in [-0.1, -0.05) is 31.9 Å². The van der Waals surface area contributed by atoms with Gasteiger partial charge < -0.3 is 9.97 Å². The molecule has 0 saturated heterocycles. The Hall–Kier alpha value is -2.44. The first-order valence-corrected chi connectivity index (χ1v) is 13.2. The van der Waals surface area contributed by atoms with E-state index in [1.54, 1.807) is 0 Å². The molecular weight excluding hydrogens is 528 g/mol. The van der Waals surface area contributed by atoms with Crippen LogP contribution >= 0.6 is 31.9 Å². The molecule has 3 aromatic rings. The van der Waals surface area contributed by atoms with Crippen molar-refractivity contribution >= 4 is 78.2 Å². The number of rotatable bonds is 6. The molecule has 5 rings (SSSR count). The summed E-state index contributed by atoms with van der Waals surface area (Å²) in [5, 5.41) is 1.99. The number of nitrogens with zero attached hydrogens (tertiary/aromatic N) is 2. The minimum Gasteiger partial charge on any atom is -0.355 e. The first kappa shape index (κ1) is 21.4. The highest BCUT2D eigenvalue weighted by atomic mass is 79.9. The van der Waals surface area contributed by atoms with Crippen molar-refractivity contribution in [1.82, 2.24) is 19.9 Å². The van der Waals surface area contributed by atoms with Crippen molar-refractivity contribution in [3.63, 3.8) is 0 Å². The molecule has 2 N–H and O–H groups in total. The molecule has 2 aliphatic rings. The Bertz CT molecular complexity index is 1260. The lowest BCUT2D eigenvalue weighted by atomic mass is 10.1. The van der Waals surface area contributed by atoms with E-state index in [0.29, 0.717) is 0 Å². The molecular formula is C26H24Br2N4. The van der Waals surface area contributed by atoms with E-state index in [1.807, 2.05) is 18.2 Å². The van der Waals surface area contributed by atoms with E-state index in [0.717, 1.165) is 81.2 Å². The normalized spacial score (nSPS) is 12.6. The predicted molar refractivity (Wildman–Crippen MR) is 143 cm³/mol. The largest absolute Gasteiger partial charge is 0.355 e. The summed E-state index contributed by atoms with van der Waals surface area (Å²) in [5.41, 5.74) is 10.9. The van der Waals surface area contributed by atoms with Crippen molar-refractivity contribution in [2.24, 2.45) is 0 Å². The van der Waals surface area contributed by atoms with Crippen molar-refractivity contribution in [2.45, 2.75) is 25.7 Å². The third-order valence-electron chi connectivity index (χ3n) is 5.63. The maximum atomic E-state index is 4.75. The van der Waals surface area contributed by atoms with Crippen LogP contribution < -0.4 is 0 Å². The molecule has 2 aliphatic heterocycles. The van der Waals surface area contributed by atoms with Crippen molar-refractivity contribution in [1.29, 1.82) is 0 Å². The summed E-state index contributed by atoms with van der Waals surface area (Å²) >= 11 is 7.15. The van der Waals surface area contributed by atoms with Crippen molar-refractivity contribution in [3.05, 3.63) is 70.3 Å². The minimum absolute atomic E-state index is 0.921. The van der Waals surface area contributed by atoms with Gasteiger partial charge in [0.05, 0.1) is 22.8 Å². The van der Waals surface area contributed by atoms with E-state index in [9.17, 15) is 0 Å². The molecule has 0 saturated carbocycles. The van der Waals surface area contributed by atoms with Gasteiger partial charge in [0.1, 0.15) is 0 Å². The van der Waals surface area contributed by atoms with Crippen LogP contribution in [0.25, 0.3) is 46.4 Å². The van der Waals surface area contributed by atoms with Crippen LogP contribution in [-0.2, 0) is 12.8 Å². The van der Waals surface area contributed by atoms with Gasteiger partial charge in [0.2, 0.25) is 0 Å². The molecule has 0 atom stereocenters. The summed E-state index contributed by atoms with van der Waals surface area (Å²) in [6.07, 6.45) is 12.4. The predicted octanol–water partition coefficient (Wildman–Crippen LogP) is 7.31. The second-order valence-electron chi connectivity index (χ2n) is 8.08. The summed E-state index contributed by atoms with van der Waals surface area (Å²) in [6, 6.07) is 13.0. The van der Waals surface area contributed by atoms with Crippen molar-refractivity contribution in [3.8, 4) is 0 Å². The van der Waals surface area contributed by atoms with Gasteiger partial charge in [-0.3, -0.25) is 0 Å². The third kappa shape index (κ3) is 4.81. The molecule has 0 radical (unpaired) electrons. The quantitative estimate of drug-likeness (QED) is 0.217. The highest BCUT2D eigenvalue weighted by Gasteiger charge is 2.07. The van der Waals surface area contributed by atoms with Gasteiger partial charge >= 0.3 is 0 Å². The number of nitrogens with one attached hydrogen (secondary N) is 2. The number of aryl methyl sites for hydroxylation is 2. The molecule has 0 aromatic carbocycles. The fourth-order valence-corrected chi connectivity index (χ4v) is 4.70. The maximum Gasteiger partial charge on any atom is 0.0659 e. The summed E-state index contributed by atoms with van der Waals surface area (Å²) in [4.78, 5) is 16.7. The highest BCUT2D eigenvalue weighted by molar-refractivity contribution is 9.09. The van der Waals surface area contributed by atoms with Crippen molar-refractivity contribution < 1.29 is 0 Å². The minimum atomic E-state index is 0.921. The monoisotopic (exact) mass is 550 g/mol. The second-order valence-corrected chi connectivity index (χ2v) is 9.67. The van der Waals surface area contributed by atoms with E-state index < -0.39 is 0 Å². The Morgan fingerprint density at radius 2 is 1.00 bits per heavy atom. The Morgan fingerprint density at radius 3 is 1.44 bits per heavy atom. The molecule has 0 unspecified atom stereocenters.